The van der Waals surface area contributed by atoms with Crippen LogP contribution in [0, 0.1) is 12.8 Å². The number of hydrogen-bond acceptors (Lipinski definition) is 3. The summed E-state index contributed by atoms with van der Waals surface area (Å²) >= 11 is 0. The monoisotopic (exact) mass is 402 g/mol. The Balaban J connectivity index is 1.58. The highest BCUT2D eigenvalue weighted by Crippen LogP contribution is 2.25. The SMILES string of the molecule is Cc1cccc(-c2nn(-c3ccccc3)cc2C(=O)NCC2CCN(C(C)C)C2)c1. The third kappa shape index (κ3) is 4.46. The molecule has 0 radical (unpaired) electrons. The van der Waals surface area contributed by atoms with Gasteiger partial charge in [0.05, 0.1) is 11.3 Å². The fourth-order valence-electron chi connectivity index (χ4n) is 4.09. The van der Waals surface area contributed by atoms with Crippen molar-refractivity contribution in [3.8, 4) is 16.9 Å². The molecule has 1 aromatic heterocycles. The van der Waals surface area contributed by atoms with Crippen LogP contribution >= 0.6 is 0 Å². The molecule has 0 spiro atoms. The molecule has 1 fully saturated rings. The van der Waals surface area contributed by atoms with Gasteiger partial charge in [-0.05, 0) is 57.9 Å². The number of aryl methyl sites for hydroxylation is 1. The number of nitrogens with one attached hydrogen (secondary N) is 1. The average molecular weight is 403 g/mol. The standard InChI is InChI=1S/C25H30N4O/c1-18(2)28-13-12-20(16-28)15-26-25(30)23-17-29(22-10-5-4-6-11-22)27-24(23)21-9-7-8-19(3)14-21/h4-11,14,17-18,20H,12-13,15-16H2,1-3H3,(H,26,30). The molecule has 1 N–H and O–H groups in total. The third-order valence-electron chi connectivity index (χ3n) is 5.87. The van der Waals surface area contributed by atoms with Crippen molar-refractivity contribution in [2.45, 2.75) is 33.2 Å². The normalized spacial score (nSPS) is 16.9. The molecule has 1 amide bonds. The van der Waals surface area contributed by atoms with Crippen LogP contribution in [0.3, 0.4) is 0 Å². The molecule has 1 aliphatic heterocycles. The van der Waals surface area contributed by atoms with Crippen molar-refractivity contribution in [2.75, 3.05) is 19.6 Å². The topological polar surface area (TPSA) is 50.2 Å². The minimum Gasteiger partial charge on any atom is -0.352 e. The minimum absolute atomic E-state index is 0.0586. The van der Waals surface area contributed by atoms with Crippen molar-refractivity contribution in [3.63, 3.8) is 0 Å². The number of carbonyl (C=O) groups is 1. The van der Waals surface area contributed by atoms with Crippen molar-refractivity contribution in [3.05, 3.63) is 71.9 Å². The summed E-state index contributed by atoms with van der Waals surface area (Å²) in [5, 5.41) is 7.95. The van der Waals surface area contributed by atoms with Gasteiger partial charge in [0.1, 0.15) is 5.69 Å². The van der Waals surface area contributed by atoms with Crippen molar-refractivity contribution in [2.24, 2.45) is 5.92 Å². The molecule has 2 aromatic carbocycles. The first-order valence-corrected chi connectivity index (χ1v) is 10.8. The zero-order valence-electron chi connectivity index (χ0n) is 18.0. The second-order valence-electron chi connectivity index (χ2n) is 8.49. The average Bonchev–Trinajstić information content (AvgIpc) is 3.40. The number of para-hydroxylation sites is 1. The summed E-state index contributed by atoms with van der Waals surface area (Å²) in [7, 11) is 0. The van der Waals surface area contributed by atoms with E-state index < -0.39 is 0 Å². The maximum Gasteiger partial charge on any atom is 0.255 e. The predicted octanol–water partition coefficient (Wildman–Crippen LogP) is 4.31. The molecule has 156 valence electrons. The smallest absolute Gasteiger partial charge is 0.255 e. The first kappa shape index (κ1) is 20.4. The van der Waals surface area contributed by atoms with E-state index in [-0.39, 0.29) is 5.91 Å². The molecule has 1 saturated heterocycles. The van der Waals surface area contributed by atoms with Crippen LogP contribution in [0.2, 0.25) is 0 Å². The van der Waals surface area contributed by atoms with Crippen LogP contribution in [0.4, 0.5) is 0 Å². The first-order chi connectivity index (χ1) is 14.5. The summed E-state index contributed by atoms with van der Waals surface area (Å²) < 4.78 is 1.79. The molecule has 0 aliphatic carbocycles. The lowest BCUT2D eigenvalue weighted by atomic mass is 10.0. The van der Waals surface area contributed by atoms with Crippen molar-refractivity contribution >= 4 is 5.91 Å². The summed E-state index contributed by atoms with van der Waals surface area (Å²) in [6.07, 6.45) is 2.98. The quantitative estimate of drug-likeness (QED) is 0.668. The molecule has 1 atom stereocenters. The Bertz CT molecular complexity index is 1010. The molecule has 5 heteroatoms. The Morgan fingerprint density at radius 2 is 1.97 bits per heavy atom. The Morgan fingerprint density at radius 1 is 1.17 bits per heavy atom. The van der Waals surface area contributed by atoms with Gasteiger partial charge in [-0.25, -0.2) is 4.68 Å². The number of benzene rings is 2. The molecular weight excluding hydrogens is 372 g/mol. The zero-order valence-corrected chi connectivity index (χ0v) is 18.0. The van der Waals surface area contributed by atoms with Gasteiger partial charge in [0.25, 0.3) is 5.91 Å². The van der Waals surface area contributed by atoms with Gasteiger partial charge in [0, 0.05) is 30.9 Å². The minimum atomic E-state index is -0.0586. The lowest BCUT2D eigenvalue weighted by Gasteiger charge is -2.20. The fourth-order valence-corrected chi connectivity index (χ4v) is 4.09. The number of likely N-dealkylation sites (tertiary alicyclic amines) is 1. The Labute approximate surface area is 178 Å². The molecule has 30 heavy (non-hydrogen) atoms. The Kier molecular flexibility index (Phi) is 6.00. The second kappa shape index (κ2) is 8.84. The molecule has 1 unspecified atom stereocenters. The van der Waals surface area contributed by atoms with E-state index in [4.69, 9.17) is 5.10 Å². The molecule has 5 nitrogen and oxygen atoms in total. The molecule has 0 bridgehead atoms. The van der Waals surface area contributed by atoms with Gasteiger partial charge >= 0.3 is 0 Å². The van der Waals surface area contributed by atoms with E-state index >= 15 is 0 Å². The maximum atomic E-state index is 13.2. The largest absolute Gasteiger partial charge is 0.352 e. The van der Waals surface area contributed by atoms with Gasteiger partial charge in [-0.15, -0.1) is 0 Å². The van der Waals surface area contributed by atoms with Gasteiger partial charge < -0.3 is 10.2 Å². The second-order valence-corrected chi connectivity index (χ2v) is 8.49. The molecule has 4 rings (SSSR count). The highest BCUT2D eigenvalue weighted by molar-refractivity contribution is 6.00. The Hall–Kier alpha value is -2.92. The summed E-state index contributed by atoms with van der Waals surface area (Å²) in [4.78, 5) is 15.6. The predicted molar refractivity (Wildman–Crippen MR) is 121 cm³/mol. The Morgan fingerprint density at radius 3 is 2.67 bits per heavy atom. The fraction of sp³-hybridized carbons (Fsp3) is 0.360. The van der Waals surface area contributed by atoms with Crippen molar-refractivity contribution in [1.82, 2.24) is 20.0 Å². The van der Waals surface area contributed by atoms with Gasteiger partial charge in [0.15, 0.2) is 0 Å². The van der Waals surface area contributed by atoms with Crippen LogP contribution in [-0.4, -0.2) is 46.3 Å². The lowest BCUT2D eigenvalue weighted by Crippen LogP contribution is -2.33. The van der Waals surface area contributed by atoms with Gasteiger partial charge in [-0.3, -0.25) is 4.79 Å². The van der Waals surface area contributed by atoms with Crippen LogP contribution in [0.25, 0.3) is 16.9 Å². The molecule has 1 aliphatic rings. The summed E-state index contributed by atoms with van der Waals surface area (Å²) in [5.41, 5.74) is 4.38. The van der Waals surface area contributed by atoms with Gasteiger partial charge in [-0.1, -0.05) is 42.0 Å². The van der Waals surface area contributed by atoms with E-state index in [0.29, 0.717) is 24.1 Å². The lowest BCUT2D eigenvalue weighted by molar-refractivity contribution is 0.0947. The molecule has 3 aromatic rings. The zero-order chi connectivity index (χ0) is 21.1. The van der Waals surface area contributed by atoms with E-state index in [2.05, 4.69) is 43.1 Å². The van der Waals surface area contributed by atoms with E-state index in [9.17, 15) is 4.79 Å². The van der Waals surface area contributed by atoms with E-state index in [0.717, 1.165) is 42.0 Å². The maximum absolute atomic E-state index is 13.2. The van der Waals surface area contributed by atoms with Crippen molar-refractivity contribution < 1.29 is 4.79 Å². The highest BCUT2D eigenvalue weighted by Gasteiger charge is 2.25. The summed E-state index contributed by atoms with van der Waals surface area (Å²) in [6.45, 7) is 9.37. The van der Waals surface area contributed by atoms with Crippen LogP contribution in [0.1, 0.15) is 36.2 Å². The van der Waals surface area contributed by atoms with Gasteiger partial charge in [-0.2, -0.15) is 5.10 Å². The number of hydrogen-bond donors (Lipinski definition) is 1. The summed E-state index contributed by atoms with van der Waals surface area (Å²) in [5.74, 6) is 0.444. The number of nitrogens with zero attached hydrogens (tertiary/aromatic N) is 3. The molecule has 2 heterocycles. The number of rotatable bonds is 6. The van der Waals surface area contributed by atoms with Crippen molar-refractivity contribution in [1.29, 1.82) is 0 Å². The number of carbonyl (C=O) groups excluding carboxylic acids is 1. The van der Waals surface area contributed by atoms with E-state index in [1.54, 1.807) is 4.68 Å². The third-order valence-corrected chi connectivity index (χ3v) is 5.87. The number of amides is 1. The highest BCUT2D eigenvalue weighted by atomic mass is 16.1. The first-order valence-electron chi connectivity index (χ1n) is 10.8. The molecule has 0 saturated carbocycles. The number of aromatic nitrogens is 2. The van der Waals surface area contributed by atoms with Crippen LogP contribution in [0.15, 0.2) is 60.8 Å². The van der Waals surface area contributed by atoms with Crippen LogP contribution < -0.4 is 5.32 Å². The van der Waals surface area contributed by atoms with E-state index in [1.807, 2.05) is 48.7 Å². The summed E-state index contributed by atoms with van der Waals surface area (Å²) in [6, 6.07) is 18.6. The van der Waals surface area contributed by atoms with E-state index in [1.165, 1.54) is 0 Å². The van der Waals surface area contributed by atoms with Crippen LogP contribution in [0.5, 0.6) is 0 Å². The van der Waals surface area contributed by atoms with Gasteiger partial charge in [0.2, 0.25) is 0 Å². The molecular formula is C25H30N4O. The van der Waals surface area contributed by atoms with Crippen LogP contribution in [-0.2, 0) is 0 Å².